The molecule has 0 spiro atoms. The molecular formula is C21H20O5. The van der Waals surface area contributed by atoms with Crippen molar-refractivity contribution < 1.29 is 18.7 Å². The van der Waals surface area contributed by atoms with Crippen LogP contribution in [-0.2, 0) is 9.53 Å². The van der Waals surface area contributed by atoms with Crippen LogP contribution in [0.1, 0.15) is 19.6 Å². The number of aryl methyl sites for hydroxylation is 1. The third-order valence-corrected chi connectivity index (χ3v) is 4.03. The van der Waals surface area contributed by atoms with Gasteiger partial charge in [0.25, 0.3) is 0 Å². The van der Waals surface area contributed by atoms with Crippen molar-refractivity contribution in [1.82, 2.24) is 0 Å². The summed E-state index contributed by atoms with van der Waals surface area (Å²) in [7, 11) is 0. The van der Waals surface area contributed by atoms with E-state index in [-0.39, 0.29) is 5.43 Å². The number of benzene rings is 2. The zero-order valence-electron chi connectivity index (χ0n) is 14.9. The predicted molar refractivity (Wildman–Crippen MR) is 99.4 cm³/mol. The summed E-state index contributed by atoms with van der Waals surface area (Å²) in [6, 6.07) is 14.3. The van der Waals surface area contributed by atoms with Crippen molar-refractivity contribution in [2.75, 3.05) is 6.61 Å². The van der Waals surface area contributed by atoms with Crippen molar-refractivity contribution in [2.24, 2.45) is 0 Å². The highest BCUT2D eigenvalue weighted by atomic mass is 16.6. The van der Waals surface area contributed by atoms with Crippen LogP contribution in [0.4, 0.5) is 0 Å². The van der Waals surface area contributed by atoms with Crippen molar-refractivity contribution in [3.63, 3.8) is 0 Å². The molecule has 2 aromatic carbocycles. The largest absolute Gasteiger partial charge is 0.479 e. The van der Waals surface area contributed by atoms with Gasteiger partial charge in [-0.05, 0) is 38.5 Å². The Morgan fingerprint density at radius 2 is 1.88 bits per heavy atom. The minimum absolute atomic E-state index is 0.0973. The summed E-state index contributed by atoms with van der Waals surface area (Å²) < 4.78 is 16.4. The molecule has 0 N–H and O–H groups in total. The van der Waals surface area contributed by atoms with Crippen molar-refractivity contribution in [3.05, 3.63) is 64.5 Å². The maximum absolute atomic E-state index is 12.9. The second-order valence-electron chi connectivity index (χ2n) is 5.90. The van der Waals surface area contributed by atoms with Gasteiger partial charge in [0, 0.05) is 6.07 Å². The normalized spacial score (nSPS) is 12.0. The lowest BCUT2D eigenvalue weighted by Crippen LogP contribution is -2.26. The number of ether oxygens (including phenoxy) is 2. The molecule has 0 aliphatic carbocycles. The fraction of sp³-hybridized carbons (Fsp3) is 0.238. The summed E-state index contributed by atoms with van der Waals surface area (Å²) >= 11 is 0. The molecule has 0 aliphatic heterocycles. The molecule has 1 atom stereocenters. The topological polar surface area (TPSA) is 65.7 Å². The maximum atomic E-state index is 12.9. The van der Waals surface area contributed by atoms with Crippen LogP contribution in [0.15, 0.2) is 57.7 Å². The Hall–Kier alpha value is -3.08. The second-order valence-corrected chi connectivity index (χ2v) is 5.90. The molecule has 1 heterocycles. The zero-order chi connectivity index (χ0) is 18.7. The summed E-state index contributed by atoms with van der Waals surface area (Å²) in [6.45, 7) is 5.41. The molecule has 0 amide bonds. The first-order valence-corrected chi connectivity index (χ1v) is 8.47. The molecule has 26 heavy (non-hydrogen) atoms. The van der Waals surface area contributed by atoms with Crippen LogP contribution in [-0.4, -0.2) is 18.7 Å². The predicted octanol–water partition coefficient (Wildman–Crippen LogP) is 4.10. The highest BCUT2D eigenvalue weighted by Crippen LogP contribution is 2.26. The van der Waals surface area contributed by atoms with Gasteiger partial charge in [0.1, 0.15) is 17.1 Å². The molecule has 1 aromatic heterocycles. The molecule has 0 unspecified atom stereocenters. The average molecular weight is 352 g/mol. The van der Waals surface area contributed by atoms with E-state index < -0.39 is 12.1 Å². The van der Waals surface area contributed by atoms with Gasteiger partial charge < -0.3 is 13.9 Å². The Kier molecular flexibility index (Phi) is 5.07. The van der Waals surface area contributed by atoms with Gasteiger partial charge in [-0.15, -0.1) is 0 Å². The lowest BCUT2D eigenvalue weighted by atomic mass is 10.0. The lowest BCUT2D eigenvalue weighted by Gasteiger charge is -2.14. The monoisotopic (exact) mass is 352 g/mol. The molecular weight excluding hydrogens is 332 g/mol. The molecule has 0 saturated carbocycles. The van der Waals surface area contributed by atoms with Crippen LogP contribution < -0.4 is 10.2 Å². The summed E-state index contributed by atoms with van der Waals surface area (Å²) in [6.07, 6.45) is -0.746. The van der Waals surface area contributed by atoms with Crippen molar-refractivity contribution >= 4 is 16.9 Å². The van der Waals surface area contributed by atoms with E-state index in [1.54, 1.807) is 39.0 Å². The van der Waals surface area contributed by atoms with E-state index in [0.717, 1.165) is 5.56 Å². The minimum Gasteiger partial charge on any atom is -0.479 e. The van der Waals surface area contributed by atoms with E-state index in [0.29, 0.717) is 34.6 Å². The van der Waals surface area contributed by atoms with E-state index in [9.17, 15) is 9.59 Å². The van der Waals surface area contributed by atoms with Crippen LogP contribution in [0, 0.1) is 6.92 Å². The fourth-order valence-electron chi connectivity index (χ4n) is 2.81. The van der Waals surface area contributed by atoms with E-state index in [1.807, 2.05) is 30.3 Å². The van der Waals surface area contributed by atoms with Crippen molar-refractivity contribution in [2.45, 2.75) is 26.9 Å². The first kappa shape index (κ1) is 17.7. The van der Waals surface area contributed by atoms with Crippen molar-refractivity contribution in [1.29, 1.82) is 0 Å². The Labute approximate surface area is 151 Å². The molecule has 0 bridgehead atoms. The van der Waals surface area contributed by atoms with E-state index in [1.165, 1.54) is 0 Å². The summed E-state index contributed by atoms with van der Waals surface area (Å²) in [5.41, 5.74) is 1.68. The summed E-state index contributed by atoms with van der Waals surface area (Å²) in [5, 5.41) is 0.464. The molecule has 3 aromatic rings. The molecule has 0 aliphatic rings. The van der Waals surface area contributed by atoms with E-state index in [4.69, 9.17) is 13.9 Å². The molecule has 5 heteroatoms. The first-order valence-electron chi connectivity index (χ1n) is 8.47. The third-order valence-electron chi connectivity index (χ3n) is 4.03. The van der Waals surface area contributed by atoms with Crippen LogP contribution in [0.25, 0.3) is 22.1 Å². The molecule has 0 saturated heterocycles. The average Bonchev–Trinajstić information content (AvgIpc) is 2.62. The van der Waals surface area contributed by atoms with Crippen molar-refractivity contribution in [3.8, 4) is 16.9 Å². The molecule has 0 fully saturated rings. The van der Waals surface area contributed by atoms with E-state index in [2.05, 4.69) is 0 Å². The summed E-state index contributed by atoms with van der Waals surface area (Å²) in [4.78, 5) is 24.6. The Morgan fingerprint density at radius 1 is 1.15 bits per heavy atom. The Morgan fingerprint density at radius 3 is 2.58 bits per heavy atom. The van der Waals surface area contributed by atoms with Gasteiger partial charge in [0.15, 0.2) is 6.10 Å². The smallest absolute Gasteiger partial charge is 0.347 e. The molecule has 3 rings (SSSR count). The Bertz CT molecular complexity index is 988. The van der Waals surface area contributed by atoms with Crippen LogP contribution >= 0.6 is 0 Å². The van der Waals surface area contributed by atoms with Gasteiger partial charge in [-0.1, -0.05) is 30.3 Å². The highest BCUT2D eigenvalue weighted by molar-refractivity contribution is 5.84. The quantitative estimate of drug-likeness (QED) is 0.647. The van der Waals surface area contributed by atoms with Gasteiger partial charge in [0.05, 0.1) is 17.6 Å². The minimum atomic E-state index is -0.746. The lowest BCUT2D eigenvalue weighted by molar-refractivity contribution is -0.150. The van der Waals surface area contributed by atoms with Crippen LogP contribution in [0.5, 0.6) is 5.75 Å². The standard InChI is InChI=1S/C21H20O5/c1-4-24-21(23)14(3)25-16-10-11-17-18(12-16)26-13(2)19(20(17)22)15-8-6-5-7-9-15/h5-12,14H,4H2,1-3H3/t14-/m1/s1. The van der Waals surface area contributed by atoms with E-state index >= 15 is 0 Å². The summed E-state index contributed by atoms with van der Waals surface area (Å²) in [5.74, 6) is 0.530. The first-order chi connectivity index (χ1) is 12.5. The molecule has 134 valence electrons. The highest BCUT2D eigenvalue weighted by Gasteiger charge is 2.17. The van der Waals surface area contributed by atoms with Gasteiger partial charge in [-0.3, -0.25) is 4.79 Å². The van der Waals surface area contributed by atoms with Crippen LogP contribution in [0.2, 0.25) is 0 Å². The molecule has 0 radical (unpaired) electrons. The zero-order valence-corrected chi connectivity index (χ0v) is 14.9. The fourth-order valence-corrected chi connectivity index (χ4v) is 2.81. The molecule has 5 nitrogen and oxygen atoms in total. The number of fused-ring (bicyclic) bond motifs is 1. The number of carbonyl (C=O) groups is 1. The number of esters is 1. The van der Waals surface area contributed by atoms with Gasteiger partial charge in [-0.25, -0.2) is 4.79 Å². The van der Waals surface area contributed by atoms with Gasteiger partial charge >= 0.3 is 5.97 Å². The maximum Gasteiger partial charge on any atom is 0.347 e. The third kappa shape index (κ3) is 3.47. The SMILES string of the molecule is CCOC(=O)[C@@H](C)Oc1ccc2c(=O)c(-c3ccccc3)c(C)oc2c1. The number of carbonyl (C=O) groups excluding carboxylic acids is 1. The van der Waals surface area contributed by atoms with Gasteiger partial charge in [0.2, 0.25) is 5.43 Å². The number of hydrogen-bond donors (Lipinski definition) is 0. The number of hydrogen-bond acceptors (Lipinski definition) is 5. The second kappa shape index (κ2) is 7.44. The van der Waals surface area contributed by atoms with Crippen LogP contribution in [0.3, 0.4) is 0 Å². The Balaban J connectivity index is 2.00. The van der Waals surface area contributed by atoms with Gasteiger partial charge in [-0.2, -0.15) is 0 Å². The number of rotatable bonds is 5.